The van der Waals surface area contributed by atoms with Gasteiger partial charge in [0.2, 0.25) is 6.79 Å². The van der Waals surface area contributed by atoms with Crippen molar-refractivity contribution in [2.45, 2.75) is 13.1 Å². The molecule has 6 heteroatoms. The first-order chi connectivity index (χ1) is 14.2. The van der Waals surface area contributed by atoms with Crippen LogP contribution < -0.4 is 14.8 Å². The summed E-state index contributed by atoms with van der Waals surface area (Å²) < 4.78 is 10.9. The molecule has 152 valence electrons. The highest BCUT2D eigenvalue weighted by atomic mass is 16.7. The van der Waals surface area contributed by atoms with E-state index in [0.29, 0.717) is 18.9 Å². The molecule has 2 aliphatic rings. The first-order valence-electron chi connectivity index (χ1n) is 10.0. The molecule has 2 aromatic carbocycles. The number of carbonyl (C=O) groups excluding carboxylic acids is 1. The zero-order valence-electron chi connectivity index (χ0n) is 16.6. The van der Waals surface area contributed by atoms with Crippen molar-refractivity contribution < 1.29 is 14.3 Å². The van der Waals surface area contributed by atoms with E-state index in [0.717, 1.165) is 50.8 Å². The number of fused-ring (bicyclic) bond motifs is 1. The summed E-state index contributed by atoms with van der Waals surface area (Å²) in [5.41, 5.74) is 3.12. The largest absolute Gasteiger partial charge is 0.454 e. The van der Waals surface area contributed by atoms with E-state index in [4.69, 9.17) is 9.47 Å². The number of ether oxygens (including phenoxy) is 2. The van der Waals surface area contributed by atoms with Gasteiger partial charge in [-0.1, -0.05) is 24.3 Å². The number of piperazine rings is 1. The van der Waals surface area contributed by atoms with Gasteiger partial charge in [-0.2, -0.15) is 0 Å². The minimum absolute atomic E-state index is 0.0553. The van der Waals surface area contributed by atoms with Gasteiger partial charge in [-0.3, -0.25) is 14.6 Å². The molecule has 1 fully saturated rings. The van der Waals surface area contributed by atoms with Gasteiger partial charge >= 0.3 is 0 Å². The van der Waals surface area contributed by atoms with Gasteiger partial charge in [0.15, 0.2) is 11.5 Å². The van der Waals surface area contributed by atoms with Gasteiger partial charge in [0.25, 0.3) is 5.91 Å². The molecule has 0 bridgehead atoms. The molecule has 0 spiro atoms. The minimum atomic E-state index is -0.0553. The Kier molecular flexibility index (Phi) is 6.12. The Labute approximate surface area is 171 Å². The lowest BCUT2D eigenvalue weighted by molar-refractivity contribution is 0.0957. The van der Waals surface area contributed by atoms with Crippen molar-refractivity contribution in [1.82, 2.24) is 15.1 Å². The molecule has 0 atom stereocenters. The number of hydrogen-bond donors (Lipinski definition) is 1. The monoisotopic (exact) mass is 393 g/mol. The lowest BCUT2D eigenvalue weighted by Crippen LogP contribution is -2.45. The molecule has 1 amide bonds. The Hall–Kier alpha value is -2.83. The summed E-state index contributed by atoms with van der Waals surface area (Å²) in [5.74, 6) is 1.62. The van der Waals surface area contributed by atoms with E-state index < -0.39 is 0 Å². The zero-order valence-corrected chi connectivity index (χ0v) is 16.6. The van der Waals surface area contributed by atoms with Crippen LogP contribution in [0.5, 0.6) is 11.5 Å². The van der Waals surface area contributed by atoms with E-state index in [1.807, 2.05) is 24.3 Å². The van der Waals surface area contributed by atoms with Crippen molar-refractivity contribution in [3.8, 4) is 11.5 Å². The maximum absolute atomic E-state index is 12.1. The first kappa shape index (κ1) is 19.5. The van der Waals surface area contributed by atoms with Crippen LogP contribution in [0.4, 0.5) is 0 Å². The second-order valence-corrected chi connectivity index (χ2v) is 7.44. The van der Waals surface area contributed by atoms with Crippen LogP contribution in [0.15, 0.2) is 55.1 Å². The van der Waals surface area contributed by atoms with Crippen molar-refractivity contribution in [3.05, 3.63) is 71.8 Å². The van der Waals surface area contributed by atoms with Crippen LogP contribution in [0.25, 0.3) is 0 Å². The van der Waals surface area contributed by atoms with Crippen molar-refractivity contribution in [3.63, 3.8) is 0 Å². The van der Waals surface area contributed by atoms with Crippen LogP contribution in [-0.4, -0.2) is 55.2 Å². The van der Waals surface area contributed by atoms with Gasteiger partial charge in [0.05, 0.1) is 0 Å². The molecular formula is C23H27N3O3. The zero-order chi connectivity index (χ0) is 20.1. The highest BCUT2D eigenvalue weighted by Crippen LogP contribution is 2.32. The fourth-order valence-corrected chi connectivity index (χ4v) is 3.74. The topological polar surface area (TPSA) is 54.0 Å². The smallest absolute Gasteiger partial charge is 0.251 e. The van der Waals surface area contributed by atoms with Crippen molar-refractivity contribution in [1.29, 1.82) is 0 Å². The number of nitrogens with zero attached hydrogens (tertiary/aromatic N) is 2. The number of carbonyl (C=O) groups is 1. The highest BCUT2D eigenvalue weighted by molar-refractivity contribution is 5.94. The fourth-order valence-electron chi connectivity index (χ4n) is 3.74. The van der Waals surface area contributed by atoms with E-state index in [1.165, 1.54) is 11.1 Å². The van der Waals surface area contributed by atoms with Crippen LogP contribution in [0.2, 0.25) is 0 Å². The molecule has 0 aliphatic carbocycles. The second kappa shape index (κ2) is 9.11. The number of nitrogens with one attached hydrogen (secondary N) is 1. The van der Waals surface area contributed by atoms with Crippen molar-refractivity contribution in [2.75, 3.05) is 39.5 Å². The predicted molar refractivity (Wildman–Crippen MR) is 112 cm³/mol. The molecule has 0 aromatic heterocycles. The Balaban J connectivity index is 1.28. The number of hydrogen-bond acceptors (Lipinski definition) is 5. The van der Waals surface area contributed by atoms with E-state index in [1.54, 1.807) is 6.08 Å². The van der Waals surface area contributed by atoms with Crippen LogP contribution >= 0.6 is 0 Å². The van der Waals surface area contributed by atoms with Crippen LogP contribution in [0.1, 0.15) is 21.5 Å². The summed E-state index contributed by atoms with van der Waals surface area (Å²) in [6.07, 6.45) is 1.69. The van der Waals surface area contributed by atoms with Gasteiger partial charge < -0.3 is 14.8 Å². The molecule has 6 nitrogen and oxygen atoms in total. The SMILES string of the molecule is C=CCNC(=O)c1cccc(CN2CCN(Cc3ccc4c(c3)OCO4)CC2)c1. The maximum Gasteiger partial charge on any atom is 0.251 e. The summed E-state index contributed by atoms with van der Waals surface area (Å²) in [4.78, 5) is 17.0. The van der Waals surface area contributed by atoms with E-state index in [2.05, 4.69) is 39.9 Å². The summed E-state index contributed by atoms with van der Waals surface area (Å²) in [6.45, 7) is 10.3. The van der Waals surface area contributed by atoms with Gasteiger partial charge in [0, 0.05) is 51.4 Å². The van der Waals surface area contributed by atoms with Crippen LogP contribution in [0, 0.1) is 0 Å². The molecular weight excluding hydrogens is 366 g/mol. The summed E-state index contributed by atoms with van der Waals surface area (Å²) in [5, 5.41) is 2.83. The molecule has 1 N–H and O–H groups in total. The minimum Gasteiger partial charge on any atom is -0.454 e. The summed E-state index contributed by atoms with van der Waals surface area (Å²) in [6, 6.07) is 14.1. The maximum atomic E-state index is 12.1. The molecule has 0 saturated carbocycles. The third-order valence-corrected chi connectivity index (χ3v) is 5.31. The van der Waals surface area contributed by atoms with Crippen molar-refractivity contribution in [2.24, 2.45) is 0 Å². The Morgan fingerprint density at radius 1 is 0.966 bits per heavy atom. The average Bonchev–Trinajstić information content (AvgIpc) is 3.21. The molecule has 2 aliphatic heterocycles. The Morgan fingerprint density at radius 2 is 1.66 bits per heavy atom. The van der Waals surface area contributed by atoms with E-state index >= 15 is 0 Å². The van der Waals surface area contributed by atoms with Gasteiger partial charge in [-0.05, 0) is 35.4 Å². The lowest BCUT2D eigenvalue weighted by Gasteiger charge is -2.34. The average molecular weight is 393 g/mol. The van der Waals surface area contributed by atoms with Gasteiger partial charge in [-0.25, -0.2) is 0 Å². The van der Waals surface area contributed by atoms with Gasteiger partial charge in [-0.15, -0.1) is 6.58 Å². The second-order valence-electron chi connectivity index (χ2n) is 7.44. The quantitative estimate of drug-likeness (QED) is 0.733. The number of benzene rings is 2. The van der Waals surface area contributed by atoms with Gasteiger partial charge in [0.1, 0.15) is 0 Å². The Morgan fingerprint density at radius 3 is 2.38 bits per heavy atom. The molecule has 0 unspecified atom stereocenters. The summed E-state index contributed by atoms with van der Waals surface area (Å²) >= 11 is 0. The third kappa shape index (κ3) is 4.96. The normalized spacial score (nSPS) is 16.6. The predicted octanol–water partition coefficient (Wildman–Crippen LogP) is 2.65. The number of amides is 1. The third-order valence-electron chi connectivity index (χ3n) is 5.31. The lowest BCUT2D eigenvalue weighted by atomic mass is 10.1. The van der Waals surface area contributed by atoms with E-state index in [9.17, 15) is 4.79 Å². The first-order valence-corrected chi connectivity index (χ1v) is 10.0. The molecule has 2 heterocycles. The van der Waals surface area contributed by atoms with Crippen molar-refractivity contribution >= 4 is 5.91 Å². The standard InChI is InChI=1S/C23H27N3O3/c1-2-8-24-23(27)20-5-3-4-18(13-20)15-25-9-11-26(12-10-25)16-19-6-7-21-22(14-19)29-17-28-21/h2-7,13-14H,1,8-12,15-17H2,(H,24,27). The van der Waals surface area contributed by atoms with Crippen LogP contribution in [0.3, 0.4) is 0 Å². The molecule has 2 aromatic rings. The van der Waals surface area contributed by atoms with E-state index in [-0.39, 0.29) is 5.91 Å². The molecule has 1 saturated heterocycles. The fraction of sp³-hybridized carbons (Fsp3) is 0.348. The molecule has 29 heavy (non-hydrogen) atoms. The molecule has 4 rings (SSSR count). The number of rotatable bonds is 7. The molecule has 0 radical (unpaired) electrons. The van der Waals surface area contributed by atoms with Crippen LogP contribution in [-0.2, 0) is 13.1 Å². The summed E-state index contributed by atoms with van der Waals surface area (Å²) in [7, 11) is 0. The Bertz CT molecular complexity index is 875. The highest BCUT2D eigenvalue weighted by Gasteiger charge is 2.19.